The molecule has 0 aliphatic carbocycles. The summed E-state index contributed by atoms with van der Waals surface area (Å²) in [5, 5.41) is 25.8. The molecule has 70 heavy (non-hydrogen) atoms. The van der Waals surface area contributed by atoms with Gasteiger partial charge in [-0.25, -0.2) is 13.1 Å². The van der Waals surface area contributed by atoms with Crippen LogP contribution in [0.5, 0.6) is 17.2 Å². The van der Waals surface area contributed by atoms with Crippen molar-refractivity contribution < 1.29 is 37.8 Å². The lowest BCUT2D eigenvalue weighted by Crippen LogP contribution is -2.58. The Labute approximate surface area is 411 Å². The molecule has 0 saturated heterocycles. The van der Waals surface area contributed by atoms with Crippen LogP contribution in [0.2, 0.25) is 0 Å². The first-order valence-electron chi connectivity index (χ1n) is 23.7. The zero-order valence-electron chi connectivity index (χ0n) is 42.0. The van der Waals surface area contributed by atoms with Crippen molar-refractivity contribution in [2.45, 2.75) is 142 Å². The predicted octanol–water partition coefficient (Wildman–Crippen LogP) is 6.63. The van der Waals surface area contributed by atoms with E-state index in [1.54, 1.807) is 72.7 Å². The second-order valence-corrected chi connectivity index (χ2v) is 21.2. The normalized spacial score (nSPS) is 15.3. The number of guanidine groups is 1. The maximum Gasteiger partial charge on any atom is 0.264 e. The number of carbonyl (C=O) groups is 3. The average molecular weight is 976 g/mol. The molecule has 0 spiro atoms. The van der Waals surface area contributed by atoms with E-state index >= 15 is 4.79 Å². The van der Waals surface area contributed by atoms with Crippen molar-refractivity contribution in [2.75, 3.05) is 6.54 Å². The van der Waals surface area contributed by atoms with Crippen molar-refractivity contribution in [3.05, 3.63) is 128 Å². The van der Waals surface area contributed by atoms with E-state index in [0.717, 1.165) is 33.9 Å². The summed E-state index contributed by atoms with van der Waals surface area (Å²) in [6, 6.07) is 16.1. The fraction of sp³-hybridized carbons (Fsp3) is 0.407. The lowest BCUT2D eigenvalue weighted by Gasteiger charge is -2.38. The monoisotopic (exact) mass is 975 g/mol. The minimum atomic E-state index is -4.19. The van der Waals surface area contributed by atoms with Crippen molar-refractivity contribution in [2.24, 2.45) is 22.2 Å². The van der Waals surface area contributed by atoms with Crippen molar-refractivity contribution in [3.8, 4) is 17.2 Å². The lowest BCUT2D eigenvalue weighted by molar-refractivity contribution is -0.145. The van der Waals surface area contributed by atoms with Crippen molar-refractivity contribution >= 4 is 44.5 Å². The number of rotatable bonds is 17. The van der Waals surface area contributed by atoms with Crippen LogP contribution in [0.3, 0.4) is 0 Å². The zero-order valence-corrected chi connectivity index (χ0v) is 42.8. The van der Waals surface area contributed by atoms with Crippen LogP contribution >= 0.6 is 0 Å². The molecule has 0 radical (unpaired) electrons. The molecule has 10 N–H and O–H groups in total. The third kappa shape index (κ3) is 11.7. The van der Waals surface area contributed by atoms with Gasteiger partial charge in [0.05, 0.1) is 17.0 Å². The van der Waals surface area contributed by atoms with Gasteiger partial charge in [-0.2, -0.15) is 0 Å². The van der Waals surface area contributed by atoms with Gasteiger partial charge in [-0.05, 0) is 179 Å². The molecule has 1 aliphatic heterocycles. The van der Waals surface area contributed by atoms with Gasteiger partial charge in [0, 0.05) is 13.0 Å². The smallest absolute Gasteiger partial charge is 0.264 e. The number of nitrogens with one attached hydrogen (secondary N) is 2. The number of benzene rings is 5. The highest BCUT2D eigenvalue weighted by Gasteiger charge is 2.38. The molecule has 3 amide bonds. The Hall–Kier alpha value is -6.65. The Morgan fingerprint density at radius 1 is 0.814 bits per heavy atom. The molecule has 5 aromatic rings. The predicted molar refractivity (Wildman–Crippen MR) is 274 cm³/mol. The third-order valence-corrected chi connectivity index (χ3v) is 15.3. The van der Waals surface area contributed by atoms with E-state index < -0.39 is 51.9 Å². The second kappa shape index (κ2) is 21.1. The SMILES string of the molecule is Cc1cc(C[C@H](NC(=O)[C@@H](N)Cc2cc(C)c(O)c(C)c2)C(=O)N([C@H](C)c2ccc3ccccc3c2)[C@@H](CCCN=C(N)NS(=O)(=O)c2c(C)c(C)c3c(c2C)CCC(C)(C)O3)C(N)=O)cc(C)c1O. The Morgan fingerprint density at radius 3 is 1.97 bits per heavy atom. The maximum atomic E-state index is 15.4. The molecular weight excluding hydrogens is 907 g/mol. The number of nitrogens with two attached hydrogens (primary N) is 3. The molecule has 0 aromatic heterocycles. The van der Waals surface area contributed by atoms with Crippen molar-refractivity contribution in [1.29, 1.82) is 0 Å². The van der Waals surface area contributed by atoms with Crippen LogP contribution in [-0.2, 0) is 43.7 Å². The Morgan fingerprint density at radius 2 is 1.39 bits per heavy atom. The number of ether oxygens (including phenoxy) is 1. The molecule has 0 saturated carbocycles. The molecule has 6 rings (SSSR count). The highest BCUT2D eigenvalue weighted by atomic mass is 32.2. The lowest BCUT2D eigenvalue weighted by atomic mass is 9.88. The second-order valence-electron chi connectivity index (χ2n) is 19.6. The van der Waals surface area contributed by atoms with Crippen molar-refractivity contribution in [3.63, 3.8) is 0 Å². The quantitative estimate of drug-likeness (QED) is 0.0298. The number of nitrogens with zero attached hydrogens (tertiary/aromatic N) is 2. The van der Waals surface area contributed by atoms with Gasteiger partial charge < -0.3 is 42.4 Å². The molecule has 5 aromatic carbocycles. The van der Waals surface area contributed by atoms with Crippen molar-refractivity contribution in [1.82, 2.24) is 14.9 Å². The third-order valence-electron chi connectivity index (χ3n) is 13.6. The molecule has 4 atom stereocenters. The molecule has 0 bridgehead atoms. The van der Waals surface area contributed by atoms with Gasteiger partial charge in [-0.3, -0.25) is 19.4 Å². The summed E-state index contributed by atoms with van der Waals surface area (Å²) in [5.74, 6) is -1.43. The minimum Gasteiger partial charge on any atom is -0.507 e. The molecule has 0 fully saturated rings. The summed E-state index contributed by atoms with van der Waals surface area (Å²) >= 11 is 0. The van der Waals surface area contributed by atoms with Crippen LogP contribution in [0, 0.1) is 48.5 Å². The molecule has 15 nitrogen and oxygen atoms in total. The summed E-state index contributed by atoms with van der Waals surface area (Å²) < 4.78 is 36.6. The highest BCUT2D eigenvalue weighted by molar-refractivity contribution is 7.90. The van der Waals surface area contributed by atoms with E-state index in [-0.39, 0.29) is 60.2 Å². The van der Waals surface area contributed by atoms with Crippen LogP contribution in [0.15, 0.2) is 76.6 Å². The van der Waals surface area contributed by atoms with Crippen LogP contribution in [0.1, 0.15) is 107 Å². The Balaban J connectivity index is 1.31. The number of aryl methyl sites for hydroxylation is 4. The number of phenols is 2. The summed E-state index contributed by atoms with van der Waals surface area (Å²) in [7, 11) is -4.19. The number of hydrogen-bond acceptors (Lipinski definition) is 10. The van der Waals surface area contributed by atoms with E-state index in [2.05, 4.69) is 15.0 Å². The average Bonchev–Trinajstić information content (AvgIpc) is 3.28. The molecule has 0 unspecified atom stereocenters. The molecular formula is C54H69N7O8S. The number of amides is 3. The summed E-state index contributed by atoms with van der Waals surface area (Å²) in [6.07, 6.45) is 1.59. The first-order chi connectivity index (χ1) is 32.8. The van der Waals surface area contributed by atoms with Crippen LogP contribution in [0.25, 0.3) is 10.8 Å². The first-order valence-corrected chi connectivity index (χ1v) is 25.2. The number of hydrogen-bond donors (Lipinski definition) is 7. The van der Waals surface area contributed by atoms with Gasteiger partial charge in [-0.1, -0.05) is 60.7 Å². The minimum absolute atomic E-state index is 0.00172. The van der Waals surface area contributed by atoms with E-state index in [1.165, 1.54) is 4.90 Å². The maximum absolute atomic E-state index is 15.4. The van der Waals surface area contributed by atoms with Gasteiger partial charge in [0.1, 0.15) is 34.9 Å². The van der Waals surface area contributed by atoms with Gasteiger partial charge >= 0.3 is 0 Å². The fourth-order valence-electron chi connectivity index (χ4n) is 9.69. The largest absolute Gasteiger partial charge is 0.507 e. The summed E-state index contributed by atoms with van der Waals surface area (Å²) in [4.78, 5) is 49.1. The standard InChI is InChI=1S/C54H69N7O8S/c1-29-22-37(23-30(2)46(29)62)26-43(55)51(65)59-44(27-38-24-31(3)47(63)32(4)25-38)52(66)61(36(8)40-18-17-39-14-11-12-15-41(39)28-40)45(50(56)64)16-13-21-58-53(57)60-70(67,68)49-34(6)33(5)48-42(35(49)7)19-20-54(9,10)69-48/h11-12,14-15,17-18,22-25,28,36,43-45,62-63H,13,16,19-21,26-27,55H2,1-10H3,(H2,56,64)(H,59,65)(H3,57,58,60)/t36-,43+,44+,45+/m1/s1. The number of aromatic hydroxyl groups is 2. The van der Waals surface area contributed by atoms with Gasteiger partial charge in [0.25, 0.3) is 10.0 Å². The van der Waals surface area contributed by atoms with Crippen LogP contribution < -0.4 is 32.0 Å². The van der Waals surface area contributed by atoms with Gasteiger partial charge in [-0.15, -0.1) is 0 Å². The fourth-order valence-corrected chi connectivity index (χ4v) is 11.2. The topological polar surface area (TPSA) is 253 Å². The van der Waals surface area contributed by atoms with Crippen LogP contribution in [0.4, 0.5) is 0 Å². The first kappa shape index (κ1) is 52.7. The van der Waals surface area contributed by atoms with E-state index in [0.29, 0.717) is 56.7 Å². The van der Waals surface area contributed by atoms with E-state index in [4.69, 9.17) is 21.9 Å². The number of carbonyl (C=O) groups excluding carboxylic acids is 3. The number of primary amides is 1. The number of fused-ring (bicyclic) bond motifs is 2. The summed E-state index contributed by atoms with van der Waals surface area (Å²) in [5.41, 5.74) is 25.8. The number of phenolic OH excluding ortho intramolecular Hbond substituents is 2. The highest BCUT2D eigenvalue weighted by Crippen LogP contribution is 2.42. The Bertz CT molecular complexity index is 2940. The van der Waals surface area contributed by atoms with Crippen LogP contribution in [-0.4, -0.2) is 77.5 Å². The number of aliphatic imine (C=N–C) groups is 1. The summed E-state index contributed by atoms with van der Waals surface area (Å²) in [6.45, 7) is 18.1. The number of sulfonamides is 1. The van der Waals surface area contributed by atoms with Gasteiger partial charge in [0.2, 0.25) is 23.7 Å². The molecule has 1 aliphatic rings. The van der Waals surface area contributed by atoms with Gasteiger partial charge in [0.15, 0.2) is 0 Å². The molecule has 1 heterocycles. The molecule has 16 heteroatoms. The van der Waals surface area contributed by atoms with E-state index in [9.17, 15) is 28.2 Å². The Kier molecular flexibility index (Phi) is 15.9. The molecule has 374 valence electrons. The zero-order chi connectivity index (χ0) is 51.6. The van der Waals surface area contributed by atoms with E-state index in [1.807, 2.05) is 63.2 Å².